The highest BCUT2D eigenvalue weighted by Gasteiger charge is 2.16. The Morgan fingerprint density at radius 1 is 1.09 bits per heavy atom. The van der Waals surface area contributed by atoms with Crippen molar-refractivity contribution < 1.29 is 19.2 Å². The maximum atomic E-state index is 12.7. The highest BCUT2D eigenvalue weighted by Crippen LogP contribution is 2.31. The number of carbonyl (C=O) groups is 1. The van der Waals surface area contributed by atoms with Gasteiger partial charge < -0.3 is 9.47 Å². The van der Waals surface area contributed by atoms with E-state index in [2.05, 4.69) is 0 Å². The van der Waals surface area contributed by atoms with Crippen LogP contribution in [-0.4, -0.2) is 17.8 Å². The third-order valence-corrected chi connectivity index (χ3v) is 5.30. The first-order chi connectivity index (χ1) is 15.8. The topological polar surface area (TPSA) is 102 Å². The minimum Gasteiger partial charge on any atom is -0.493 e. The van der Waals surface area contributed by atoms with Crippen molar-refractivity contribution >= 4 is 40.7 Å². The lowest BCUT2D eigenvalue weighted by atomic mass is 10.0. The van der Waals surface area contributed by atoms with Gasteiger partial charge in [0.15, 0.2) is 11.5 Å². The zero-order chi connectivity index (χ0) is 24.0. The highest BCUT2D eigenvalue weighted by atomic mass is 35.5. The van der Waals surface area contributed by atoms with Gasteiger partial charge in [-0.15, -0.1) is 0 Å². The summed E-state index contributed by atoms with van der Waals surface area (Å²) in [5, 5.41) is 21.3. The van der Waals surface area contributed by atoms with Crippen molar-refractivity contribution in [1.82, 2.24) is 0 Å². The van der Waals surface area contributed by atoms with E-state index >= 15 is 0 Å². The fourth-order valence-electron chi connectivity index (χ4n) is 2.92. The number of non-ortho nitro benzene ring substituents is 1. The van der Waals surface area contributed by atoms with Crippen LogP contribution in [0.5, 0.6) is 11.5 Å². The Kier molecular flexibility index (Phi) is 7.67. The predicted octanol–water partition coefficient (Wildman–Crippen LogP) is 6.28. The van der Waals surface area contributed by atoms with Gasteiger partial charge in [-0.3, -0.25) is 14.9 Å². The van der Waals surface area contributed by atoms with Gasteiger partial charge >= 0.3 is 0 Å². The molecule has 7 nitrogen and oxygen atoms in total. The van der Waals surface area contributed by atoms with Crippen LogP contribution in [0.1, 0.15) is 21.5 Å². The predicted molar refractivity (Wildman–Crippen MR) is 125 cm³/mol. The fourth-order valence-corrected chi connectivity index (χ4v) is 3.24. The van der Waals surface area contributed by atoms with Crippen molar-refractivity contribution in [3.63, 3.8) is 0 Å². The number of ether oxygens (including phenoxy) is 2. The summed E-state index contributed by atoms with van der Waals surface area (Å²) >= 11 is 11.9. The van der Waals surface area contributed by atoms with E-state index in [0.717, 1.165) is 11.6 Å². The number of benzene rings is 3. The number of nitriles is 1. The van der Waals surface area contributed by atoms with Gasteiger partial charge in [-0.2, -0.15) is 5.26 Å². The average molecular weight is 483 g/mol. The van der Waals surface area contributed by atoms with Crippen molar-refractivity contribution in [3.8, 4) is 17.6 Å². The monoisotopic (exact) mass is 482 g/mol. The third-order valence-electron chi connectivity index (χ3n) is 4.56. The number of hydrogen-bond donors (Lipinski definition) is 0. The molecular weight excluding hydrogens is 467 g/mol. The minimum atomic E-state index is -0.625. The molecule has 33 heavy (non-hydrogen) atoms. The van der Waals surface area contributed by atoms with Gasteiger partial charge in [0.2, 0.25) is 5.78 Å². The van der Waals surface area contributed by atoms with Crippen LogP contribution < -0.4 is 9.47 Å². The molecule has 3 aromatic rings. The molecule has 0 radical (unpaired) electrons. The molecule has 0 bridgehead atoms. The zero-order valence-corrected chi connectivity index (χ0v) is 18.8. The number of hydrogen-bond acceptors (Lipinski definition) is 6. The number of carbonyl (C=O) groups excluding carboxylic acids is 1. The number of nitro benzene ring substituents is 1. The number of methoxy groups -OCH3 is 1. The van der Waals surface area contributed by atoms with Crippen LogP contribution >= 0.6 is 23.2 Å². The first-order valence-corrected chi connectivity index (χ1v) is 10.2. The number of rotatable bonds is 8. The molecule has 0 atom stereocenters. The van der Waals surface area contributed by atoms with E-state index in [9.17, 15) is 20.2 Å². The fraction of sp³-hybridized carbons (Fsp3) is 0.0833. The average Bonchev–Trinajstić information content (AvgIpc) is 2.83. The summed E-state index contributed by atoms with van der Waals surface area (Å²) < 4.78 is 11.2. The number of nitrogens with zero attached hydrogens (tertiary/aromatic N) is 2. The molecule has 0 heterocycles. The molecule has 0 fully saturated rings. The van der Waals surface area contributed by atoms with Gasteiger partial charge in [-0.1, -0.05) is 47.5 Å². The van der Waals surface area contributed by atoms with Crippen LogP contribution in [0.4, 0.5) is 5.69 Å². The Morgan fingerprint density at radius 2 is 1.88 bits per heavy atom. The van der Waals surface area contributed by atoms with E-state index in [1.54, 1.807) is 36.4 Å². The Labute approximate surface area is 199 Å². The standard InChI is InChI=1S/C24H16Cl2N2O5/c1-32-23-11-15(6-8-22(23)33-14-16-5-7-20(25)21(26)10-16)9-18(13-27)24(29)17-3-2-4-19(12-17)28(30)31/h2-12H,14H2,1H3. The zero-order valence-electron chi connectivity index (χ0n) is 17.2. The van der Waals surface area contributed by atoms with Crippen molar-refractivity contribution in [1.29, 1.82) is 5.26 Å². The molecule has 0 aliphatic heterocycles. The molecule has 0 saturated heterocycles. The second kappa shape index (κ2) is 10.6. The Hall–Kier alpha value is -3.86. The van der Waals surface area contributed by atoms with Crippen molar-refractivity contribution in [3.05, 3.63) is 103 Å². The molecule has 0 unspecified atom stereocenters. The van der Waals surface area contributed by atoms with Gasteiger partial charge in [0.25, 0.3) is 5.69 Å². The van der Waals surface area contributed by atoms with Crippen LogP contribution in [0, 0.1) is 21.4 Å². The lowest BCUT2D eigenvalue weighted by Crippen LogP contribution is -2.03. The molecule has 0 amide bonds. The molecule has 166 valence electrons. The molecule has 3 rings (SSSR count). The van der Waals surface area contributed by atoms with Crippen molar-refractivity contribution in [2.24, 2.45) is 0 Å². The van der Waals surface area contributed by atoms with E-state index < -0.39 is 10.7 Å². The number of allylic oxidation sites excluding steroid dienone is 1. The van der Waals surface area contributed by atoms with E-state index in [1.807, 2.05) is 6.07 Å². The summed E-state index contributed by atoms with van der Waals surface area (Å²) in [6.07, 6.45) is 1.38. The largest absolute Gasteiger partial charge is 0.493 e. The Morgan fingerprint density at radius 3 is 2.55 bits per heavy atom. The molecule has 0 spiro atoms. The van der Waals surface area contributed by atoms with E-state index in [4.69, 9.17) is 32.7 Å². The van der Waals surface area contributed by atoms with Crippen molar-refractivity contribution in [2.75, 3.05) is 7.11 Å². The molecular formula is C24H16Cl2N2O5. The smallest absolute Gasteiger partial charge is 0.270 e. The molecule has 0 aliphatic rings. The van der Waals surface area contributed by atoms with Gasteiger partial charge in [0.1, 0.15) is 18.2 Å². The van der Waals surface area contributed by atoms with Crippen LogP contribution in [0.25, 0.3) is 6.08 Å². The summed E-state index contributed by atoms with van der Waals surface area (Å²) in [6, 6.07) is 17.2. The molecule has 0 aliphatic carbocycles. The summed E-state index contributed by atoms with van der Waals surface area (Å²) in [7, 11) is 1.47. The van der Waals surface area contributed by atoms with Crippen LogP contribution in [0.15, 0.2) is 66.2 Å². The van der Waals surface area contributed by atoms with Gasteiger partial charge in [0.05, 0.1) is 22.1 Å². The summed E-state index contributed by atoms with van der Waals surface area (Å²) in [5.41, 5.74) is 0.963. The van der Waals surface area contributed by atoms with E-state index in [0.29, 0.717) is 27.1 Å². The Bertz CT molecular complexity index is 1300. The molecule has 0 N–H and O–H groups in total. The van der Waals surface area contributed by atoms with Gasteiger partial charge in [-0.05, 0) is 41.5 Å². The number of nitro groups is 1. The first kappa shape index (κ1) is 23.8. The Balaban J connectivity index is 1.82. The number of Topliss-reactive ketones (excluding diaryl/α,β-unsaturated/α-hetero) is 1. The molecule has 0 saturated carbocycles. The van der Waals surface area contributed by atoms with Crippen molar-refractivity contribution in [2.45, 2.75) is 6.61 Å². The number of halogens is 2. The maximum absolute atomic E-state index is 12.7. The summed E-state index contributed by atoms with van der Waals surface area (Å²) in [4.78, 5) is 23.1. The van der Waals surface area contributed by atoms with Gasteiger partial charge in [0, 0.05) is 17.7 Å². The highest BCUT2D eigenvalue weighted by molar-refractivity contribution is 6.42. The third kappa shape index (κ3) is 5.89. The molecule has 9 heteroatoms. The lowest BCUT2D eigenvalue weighted by molar-refractivity contribution is -0.384. The summed E-state index contributed by atoms with van der Waals surface area (Å²) in [6.45, 7) is 0.219. The molecule has 3 aromatic carbocycles. The second-order valence-corrected chi connectivity index (χ2v) is 7.57. The van der Waals surface area contributed by atoms with Crippen LogP contribution in [0.2, 0.25) is 10.0 Å². The lowest BCUT2D eigenvalue weighted by Gasteiger charge is -2.12. The first-order valence-electron chi connectivity index (χ1n) is 9.48. The van der Waals surface area contributed by atoms with Crippen LogP contribution in [-0.2, 0) is 6.61 Å². The van der Waals surface area contributed by atoms with Gasteiger partial charge in [-0.25, -0.2) is 0 Å². The number of ketones is 1. The normalized spacial score (nSPS) is 10.9. The van der Waals surface area contributed by atoms with Crippen LogP contribution in [0.3, 0.4) is 0 Å². The minimum absolute atomic E-state index is 0.0468. The summed E-state index contributed by atoms with van der Waals surface area (Å²) in [5.74, 6) is 0.216. The maximum Gasteiger partial charge on any atom is 0.270 e. The van der Waals surface area contributed by atoms with E-state index in [1.165, 1.54) is 31.4 Å². The quantitative estimate of drug-likeness (QED) is 0.123. The molecule has 0 aromatic heterocycles. The SMILES string of the molecule is COc1cc(C=C(C#N)C(=O)c2cccc([N+](=O)[O-])c2)ccc1OCc1ccc(Cl)c(Cl)c1. The van der Waals surface area contributed by atoms with E-state index in [-0.39, 0.29) is 23.4 Å². The second-order valence-electron chi connectivity index (χ2n) is 6.75.